The van der Waals surface area contributed by atoms with E-state index in [9.17, 15) is 19.8 Å². The summed E-state index contributed by atoms with van der Waals surface area (Å²) in [5.74, 6) is -0.640. The summed E-state index contributed by atoms with van der Waals surface area (Å²) in [6.45, 7) is -0.383. The summed E-state index contributed by atoms with van der Waals surface area (Å²) in [4.78, 5) is 25.6. The minimum atomic E-state index is -1.53. The highest BCUT2D eigenvalue weighted by Crippen LogP contribution is 2.43. The first-order valence-electron chi connectivity index (χ1n) is 11.3. The molecule has 3 aromatic rings. The molecule has 4 N–H and O–H groups in total. The Hall–Kier alpha value is -4.08. The van der Waals surface area contributed by atoms with Gasteiger partial charge in [-0.3, -0.25) is 9.59 Å². The van der Waals surface area contributed by atoms with E-state index in [0.29, 0.717) is 17.1 Å². The highest BCUT2D eigenvalue weighted by Gasteiger charge is 2.40. The monoisotopic (exact) mass is 493 g/mol. The maximum absolute atomic E-state index is 13.0. The molecule has 9 heteroatoms. The third kappa shape index (κ3) is 4.98. The van der Waals surface area contributed by atoms with Gasteiger partial charge < -0.3 is 34.9 Å². The number of ether oxygens (including phenoxy) is 4. The molecule has 0 spiro atoms. The second-order valence-electron chi connectivity index (χ2n) is 8.30. The lowest BCUT2D eigenvalue weighted by molar-refractivity contribution is -0.146. The molecule has 1 aliphatic heterocycles. The molecule has 1 aliphatic rings. The molecule has 0 aliphatic carbocycles. The van der Waals surface area contributed by atoms with Crippen LogP contribution in [0.5, 0.6) is 23.0 Å². The van der Waals surface area contributed by atoms with Gasteiger partial charge in [0, 0.05) is 11.6 Å². The third-order valence-corrected chi connectivity index (χ3v) is 6.01. The molecular weight excluding hydrogens is 466 g/mol. The average Bonchev–Trinajstić information content (AvgIpc) is 2.90. The van der Waals surface area contributed by atoms with E-state index in [1.54, 1.807) is 18.2 Å². The maximum Gasteiger partial charge on any atom is 0.323 e. The molecule has 9 nitrogen and oxygen atoms in total. The largest absolute Gasteiger partial charge is 0.507 e. The second kappa shape index (κ2) is 10.7. The average molecular weight is 494 g/mol. The highest BCUT2D eigenvalue weighted by molar-refractivity contribution is 6.04. The fourth-order valence-electron chi connectivity index (χ4n) is 4.06. The van der Waals surface area contributed by atoms with E-state index in [-0.39, 0.29) is 35.7 Å². The summed E-state index contributed by atoms with van der Waals surface area (Å²) in [5, 5.41) is 21.3. The highest BCUT2D eigenvalue weighted by atomic mass is 16.5. The van der Waals surface area contributed by atoms with Crippen LogP contribution in [0.1, 0.15) is 33.2 Å². The van der Waals surface area contributed by atoms with Gasteiger partial charge in [-0.05, 0) is 36.2 Å². The zero-order valence-electron chi connectivity index (χ0n) is 19.8. The van der Waals surface area contributed by atoms with Gasteiger partial charge in [-0.1, -0.05) is 30.3 Å². The van der Waals surface area contributed by atoms with Crippen LogP contribution in [0.3, 0.4) is 0 Å². The molecule has 0 saturated carbocycles. The molecule has 0 amide bonds. The van der Waals surface area contributed by atoms with Gasteiger partial charge >= 0.3 is 5.97 Å². The summed E-state index contributed by atoms with van der Waals surface area (Å²) < 4.78 is 22.0. The summed E-state index contributed by atoms with van der Waals surface area (Å²) >= 11 is 0. The number of carbonyl (C=O) groups excluding carboxylic acids is 2. The van der Waals surface area contributed by atoms with Crippen molar-refractivity contribution in [3.63, 3.8) is 0 Å². The lowest BCUT2D eigenvalue weighted by atomic mass is 9.91. The van der Waals surface area contributed by atoms with Crippen LogP contribution in [-0.4, -0.2) is 48.3 Å². The van der Waals surface area contributed by atoms with Gasteiger partial charge in [-0.25, -0.2) is 0 Å². The van der Waals surface area contributed by atoms with Crippen LogP contribution in [0.25, 0.3) is 0 Å². The standard InChI is InChI=1S/C27H27NO8/c1-33-16-8-9-17(22(13-16)34-2)26-24(31)23(30)18-10-11-21(29)19(25(18)36-26)14-35-27(32)20(28)12-15-6-4-3-5-7-15/h3-11,13,20,24,26,29,31H,12,14,28H2,1-2H3/t20-,24?,26?/m0/s1. The molecule has 188 valence electrons. The molecule has 4 rings (SSSR count). The number of aliphatic hydroxyl groups is 1. The van der Waals surface area contributed by atoms with Gasteiger partial charge in [-0.15, -0.1) is 0 Å². The Morgan fingerprint density at radius 2 is 1.83 bits per heavy atom. The number of ketones is 1. The van der Waals surface area contributed by atoms with Crippen molar-refractivity contribution in [2.75, 3.05) is 14.2 Å². The number of aliphatic hydroxyl groups excluding tert-OH is 1. The van der Waals surface area contributed by atoms with Crippen molar-refractivity contribution in [2.24, 2.45) is 5.73 Å². The molecule has 0 radical (unpaired) electrons. The predicted molar refractivity (Wildman–Crippen MR) is 129 cm³/mol. The second-order valence-corrected chi connectivity index (χ2v) is 8.30. The van der Waals surface area contributed by atoms with E-state index in [1.807, 2.05) is 30.3 Å². The molecule has 36 heavy (non-hydrogen) atoms. The lowest BCUT2D eigenvalue weighted by Crippen LogP contribution is -2.37. The number of carbonyl (C=O) groups is 2. The molecular formula is C27H27NO8. The number of methoxy groups -OCH3 is 2. The van der Waals surface area contributed by atoms with E-state index in [2.05, 4.69) is 0 Å². The predicted octanol–water partition coefficient (Wildman–Crippen LogP) is 2.70. The summed E-state index contributed by atoms with van der Waals surface area (Å²) in [7, 11) is 2.95. The van der Waals surface area contributed by atoms with Crippen molar-refractivity contribution in [1.29, 1.82) is 0 Å². The molecule has 0 bridgehead atoms. The number of phenols is 1. The molecule has 0 aromatic heterocycles. The van der Waals surface area contributed by atoms with Crippen molar-refractivity contribution >= 4 is 11.8 Å². The van der Waals surface area contributed by atoms with Gasteiger partial charge in [-0.2, -0.15) is 0 Å². The van der Waals surface area contributed by atoms with Gasteiger partial charge in [0.15, 0.2) is 18.0 Å². The first kappa shape index (κ1) is 25.0. The molecule has 3 aromatic carbocycles. The first-order valence-corrected chi connectivity index (χ1v) is 11.3. The van der Waals surface area contributed by atoms with E-state index in [1.165, 1.54) is 26.4 Å². The number of esters is 1. The number of rotatable bonds is 8. The van der Waals surface area contributed by atoms with Crippen LogP contribution >= 0.6 is 0 Å². The van der Waals surface area contributed by atoms with Crippen molar-refractivity contribution in [1.82, 2.24) is 0 Å². The van der Waals surface area contributed by atoms with Crippen molar-refractivity contribution in [2.45, 2.75) is 31.3 Å². The summed E-state index contributed by atoms with van der Waals surface area (Å²) in [5.41, 5.74) is 7.43. The molecule has 2 unspecified atom stereocenters. The minimum Gasteiger partial charge on any atom is -0.507 e. The molecule has 0 saturated heterocycles. The van der Waals surface area contributed by atoms with Crippen molar-refractivity contribution in [3.8, 4) is 23.0 Å². The number of benzene rings is 3. The number of hydrogen-bond acceptors (Lipinski definition) is 9. The van der Waals surface area contributed by atoms with Crippen molar-refractivity contribution in [3.05, 3.63) is 82.9 Å². The van der Waals surface area contributed by atoms with Crippen LogP contribution in [0, 0.1) is 0 Å². The normalized spacial score (nSPS) is 17.5. The van der Waals surface area contributed by atoms with E-state index < -0.39 is 30.0 Å². The first-order chi connectivity index (χ1) is 17.3. The molecule has 0 fully saturated rings. The smallest absolute Gasteiger partial charge is 0.323 e. The summed E-state index contributed by atoms with van der Waals surface area (Å²) in [6.07, 6.45) is -2.39. The van der Waals surface area contributed by atoms with E-state index >= 15 is 0 Å². The Labute approximate surface area is 208 Å². The number of nitrogens with two attached hydrogens (primary N) is 1. The Balaban J connectivity index is 1.59. The van der Waals surface area contributed by atoms with Crippen molar-refractivity contribution < 1.29 is 38.7 Å². The van der Waals surface area contributed by atoms with Gasteiger partial charge in [0.05, 0.1) is 25.3 Å². The maximum atomic E-state index is 13.0. The van der Waals surface area contributed by atoms with Gasteiger partial charge in [0.1, 0.15) is 35.6 Å². The van der Waals surface area contributed by atoms with Crippen LogP contribution in [0.2, 0.25) is 0 Å². The van der Waals surface area contributed by atoms with Gasteiger partial charge in [0.25, 0.3) is 0 Å². The number of hydrogen-bond donors (Lipinski definition) is 3. The topological polar surface area (TPSA) is 138 Å². The zero-order valence-corrected chi connectivity index (χ0v) is 19.8. The molecule has 3 atom stereocenters. The van der Waals surface area contributed by atoms with E-state index in [4.69, 9.17) is 24.7 Å². The Morgan fingerprint density at radius 1 is 1.08 bits per heavy atom. The van der Waals surface area contributed by atoms with Crippen LogP contribution in [0.15, 0.2) is 60.7 Å². The fourth-order valence-corrected chi connectivity index (χ4v) is 4.06. The Morgan fingerprint density at radius 3 is 2.53 bits per heavy atom. The number of aromatic hydroxyl groups is 1. The number of phenolic OH excluding ortho intramolecular Hbond substituents is 1. The number of Topliss-reactive ketones (excluding diaryl/α,β-unsaturated/α-hetero) is 1. The quantitative estimate of drug-likeness (QED) is 0.404. The summed E-state index contributed by atoms with van der Waals surface area (Å²) in [6, 6.07) is 15.8. The fraction of sp³-hybridized carbons (Fsp3) is 0.259. The minimum absolute atomic E-state index is 0.0117. The van der Waals surface area contributed by atoms with Crippen LogP contribution in [0.4, 0.5) is 0 Å². The lowest BCUT2D eigenvalue weighted by Gasteiger charge is -2.32. The molecule has 1 heterocycles. The van der Waals surface area contributed by atoms with E-state index in [0.717, 1.165) is 5.56 Å². The number of fused-ring (bicyclic) bond motifs is 1. The van der Waals surface area contributed by atoms with Crippen LogP contribution < -0.4 is 19.9 Å². The Kier molecular flexibility index (Phi) is 7.42. The third-order valence-electron chi connectivity index (χ3n) is 6.01. The SMILES string of the molecule is COc1ccc(C2Oc3c(ccc(O)c3COC(=O)[C@@H](N)Cc3ccccc3)C(=O)C2O)c(OC)c1. The zero-order chi connectivity index (χ0) is 25.8. The van der Waals surface area contributed by atoms with Crippen LogP contribution in [-0.2, 0) is 22.6 Å². The van der Waals surface area contributed by atoms with Gasteiger partial charge in [0.2, 0.25) is 0 Å². The Bertz CT molecular complexity index is 1260.